The SMILES string of the molecule is CCOc1c(C(C)=O)c(O)c(OCC)c2occc12. The van der Waals surface area contributed by atoms with Gasteiger partial charge in [-0.25, -0.2) is 0 Å². The standard InChI is InChI=1S/C14H16O5/c1-4-17-12-9-6-7-19-13(9)14(18-5-2)11(16)10(12)8(3)15/h6-7,16H,4-5H2,1-3H3. The molecular weight excluding hydrogens is 248 g/mol. The molecule has 0 saturated carbocycles. The minimum atomic E-state index is -0.287. The Kier molecular flexibility index (Phi) is 3.64. The zero-order valence-electron chi connectivity index (χ0n) is 11.1. The predicted molar refractivity (Wildman–Crippen MR) is 70.2 cm³/mol. The van der Waals surface area contributed by atoms with Crippen LogP contribution in [0.4, 0.5) is 0 Å². The molecule has 5 nitrogen and oxygen atoms in total. The number of furan rings is 1. The topological polar surface area (TPSA) is 68.9 Å². The molecule has 5 heteroatoms. The average Bonchev–Trinajstić information content (AvgIpc) is 2.83. The summed E-state index contributed by atoms with van der Waals surface area (Å²) in [7, 11) is 0. The van der Waals surface area contributed by atoms with Crippen LogP contribution in [0, 0.1) is 0 Å². The number of carbonyl (C=O) groups excluding carboxylic acids is 1. The zero-order valence-corrected chi connectivity index (χ0v) is 11.1. The van der Waals surface area contributed by atoms with E-state index in [0.717, 1.165) is 0 Å². The monoisotopic (exact) mass is 264 g/mol. The quantitative estimate of drug-likeness (QED) is 0.840. The second-order valence-electron chi connectivity index (χ2n) is 3.97. The van der Waals surface area contributed by atoms with Crippen molar-refractivity contribution >= 4 is 16.8 Å². The fourth-order valence-electron chi connectivity index (χ4n) is 2.03. The Morgan fingerprint density at radius 3 is 2.47 bits per heavy atom. The van der Waals surface area contributed by atoms with Gasteiger partial charge in [0.25, 0.3) is 0 Å². The van der Waals surface area contributed by atoms with Crippen molar-refractivity contribution in [3.8, 4) is 17.2 Å². The van der Waals surface area contributed by atoms with Gasteiger partial charge in [0.05, 0.1) is 24.9 Å². The Morgan fingerprint density at radius 1 is 1.26 bits per heavy atom. The van der Waals surface area contributed by atoms with E-state index in [4.69, 9.17) is 13.9 Å². The van der Waals surface area contributed by atoms with E-state index in [1.54, 1.807) is 13.0 Å². The van der Waals surface area contributed by atoms with Gasteiger partial charge in [-0.15, -0.1) is 0 Å². The van der Waals surface area contributed by atoms with Crippen LogP contribution in [0.2, 0.25) is 0 Å². The summed E-state index contributed by atoms with van der Waals surface area (Å²) in [6.07, 6.45) is 1.47. The van der Waals surface area contributed by atoms with Crippen molar-refractivity contribution in [2.24, 2.45) is 0 Å². The first-order chi connectivity index (χ1) is 9.11. The molecule has 102 valence electrons. The van der Waals surface area contributed by atoms with E-state index in [2.05, 4.69) is 0 Å². The van der Waals surface area contributed by atoms with Crippen LogP contribution in [0.15, 0.2) is 16.7 Å². The van der Waals surface area contributed by atoms with Crippen molar-refractivity contribution in [2.45, 2.75) is 20.8 Å². The van der Waals surface area contributed by atoms with Crippen LogP contribution in [0.1, 0.15) is 31.1 Å². The van der Waals surface area contributed by atoms with E-state index in [9.17, 15) is 9.90 Å². The van der Waals surface area contributed by atoms with Gasteiger partial charge in [0.2, 0.25) is 5.75 Å². The van der Waals surface area contributed by atoms with Gasteiger partial charge >= 0.3 is 0 Å². The van der Waals surface area contributed by atoms with Gasteiger partial charge < -0.3 is 19.0 Å². The fourth-order valence-corrected chi connectivity index (χ4v) is 2.03. The summed E-state index contributed by atoms with van der Waals surface area (Å²) < 4.78 is 16.2. The molecule has 1 aromatic carbocycles. The van der Waals surface area contributed by atoms with Gasteiger partial charge in [0.1, 0.15) is 11.3 Å². The summed E-state index contributed by atoms with van der Waals surface area (Å²) in [5.74, 6) is -0.0129. The highest BCUT2D eigenvalue weighted by Crippen LogP contribution is 2.46. The number of Topliss-reactive ketones (excluding diaryl/α,β-unsaturated/α-hetero) is 1. The van der Waals surface area contributed by atoms with Crippen molar-refractivity contribution in [1.82, 2.24) is 0 Å². The van der Waals surface area contributed by atoms with Gasteiger partial charge in [-0.05, 0) is 26.8 Å². The maximum Gasteiger partial charge on any atom is 0.205 e. The van der Waals surface area contributed by atoms with Crippen LogP contribution in [-0.2, 0) is 0 Å². The minimum Gasteiger partial charge on any atom is -0.504 e. The molecule has 1 aromatic heterocycles. The molecule has 0 spiro atoms. The molecule has 19 heavy (non-hydrogen) atoms. The van der Waals surface area contributed by atoms with Gasteiger partial charge in [-0.3, -0.25) is 4.79 Å². The second-order valence-corrected chi connectivity index (χ2v) is 3.97. The molecule has 0 unspecified atom stereocenters. The molecule has 0 saturated heterocycles. The number of phenolic OH excluding ortho intramolecular Hbond substituents is 1. The van der Waals surface area contributed by atoms with Gasteiger partial charge in [-0.1, -0.05) is 0 Å². The Bertz CT molecular complexity index is 612. The fraction of sp³-hybridized carbons (Fsp3) is 0.357. The summed E-state index contributed by atoms with van der Waals surface area (Å²) in [5, 5.41) is 10.8. The van der Waals surface area contributed by atoms with Crippen LogP contribution in [0.25, 0.3) is 11.0 Å². The average molecular weight is 264 g/mol. The van der Waals surface area contributed by atoms with E-state index in [0.29, 0.717) is 29.9 Å². The van der Waals surface area contributed by atoms with Gasteiger partial charge in [0.15, 0.2) is 17.1 Å². The van der Waals surface area contributed by atoms with Gasteiger partial charge in [0, 0.05) is 0 Å². The minimum absolute atomic E-state index is 0.124. The molecule has 0 aliphatic rings. The van der Waals surface area contributed by atoms with E-state index in [-0.39, 0.29) is 22.8 Å². The van der Waals surface area contributed by atoms with Gasteiger partial charge in [-0.2, -0.15) is 0 Å². The molecule has 0 amide bonds. The van der Waals surface area contributed by atoms with E-state index in [1.165, 1.54) is 13.2 Å². The number of rotatable bonds is 5. The predicted octanol–water partition coefficient (Wildman–Crippen LogP) is 3.14. The van der Waals surface area contributed by atoms with Crippen molar-refractivity contribution in [1.29, 1.82) is 0 Å². The number of ether oxygens (including phenoxy) is 2. The van der Waals surface area contributed by atoms with Crippen LogP contribution in [-0.4, -0.2) is 24.1 Å². The lowest BCUT2D eigenvalue weighted by Gasteiger charge is -2.14. The van der Waals surface area contributed by atoms with E-state index < -0.39 is 0 Å². The molecule has 0 atom stereocenters. The van der Waals surface area contributed by atoms with Crippen LogP contribution in [0.3, 0.4) is 0 Å². The smallest absolute Gasteiger partial charge is 0.205 e. The molecule has 2 rings (SSSR count). The number of fused-ring (bicyclic) bond motifs is 1. The van der Waals surface area contributed by atoms with Crippen molar-refractivity contribution in [3.63, 3.8) is 0 Å². The van der Waals surface area contributed by atoms with Crippen molar-refractivity contribution in [3.05, 3.63) is 17.9 Å². The Labute approximate surface area is 110 Å². The highest BCUT2D eigenvalue weighted by atomic mass is 16.5. The highest BCUT2D eigenvalue weighted by molar-refractivity contribution is 6.08. The number of phenols is 1. The first-order valence-corrected chi connectivity index (χ1v) is 6.14. The summed E-state index contributed by atoms with van der Waals surface area (Å²) >= 11 is 0. The maximum absolute atomic E-state index is 11.8. The molecule has 0 aliphatic carbocycles. The lowest BCUT2D eigenvalue weighted by atomic mass is 10.0. The molecule has 0 fully saturated rings. The number of ketones is 1. The molecule has 1 N–H and O–H groups in total. The molecule has 1 heterocycles. The molecule has 0 aliphatic heterocycles. The maximum atomic E-state index is 11.8. The summed E-state index contributed by atoms with van der Waals surface area (Å²) in [6.45, 7) is 5.71. The third-order valence-corrected chi connectivity index (χ3v) is 2.72. The Morgan fingerprint density at radius 2 is 1.89 bits per heavy atom. The normalized spacial score (nSPS) is 10.7. The lowest BCUT2D eigenvalue weighted by molar-refractivity contribution is 0.101. The number of benzene rings is 1. The molecule has 2 aromatic rings. The highest BCUT2D eigenvalue weighted by Gasteiger charge is 2.25. The first-order valence-electron chi connectivity index (χ1n) is 6.14. The number of aromatic hydroxyl groups is 1. The van der Waals surface area contributed by atoms with E-state index >= 15 is 0 Å². The van der Waals surface area contributed by atoms with Crippen molar-refractivity contribution < 1.29 is 23.8 Å². The third kappa shape index (κ3) is 2.12. The Balaban J connectivity index is 2.83. The van der Waals surface area contributed by atoms with E-state index in [1.807, 2.05) is 6.92 Å². The number of carbonyl (C=O) groups is 1. The third-order valence-electron chi connectivity index (χ3n) is 2.72. The molecular formula is C14H16O5. The summed E-state index contributed by atoms with van der Waals surface area (Å²) in [6, 6.07) is 1.69. The van der Waals surface area contributed by atoms with Crippen molar-refractivity contribution in [2.75, 3.05) is 13.2 Å². The first kappa shape index (κ1) is 13.3. The number of hydrogen-bond acceptors (Lipinski definition) is 5. The molecule has 0 radical (unpaired) electrons. The summed E-state index contributed by atoms with van der Waals surface area (Å²) in [4.78, 5) is 11.8. The summed E-state index contributed by atoms with van der Waals surface area (Å²) in [5.41, 5.74) is 0.506. The number of hydrogen-bond donors (Lipinski definition) is 1. The Hall–Kier alpha value is -2.17. The van der Waals surface area contributed by atoms with Crippen LogP contribution in [0.5, 0.6) is 17.2 Å². The van der Waals surface area contributed by atoms with Crippen LogP contribution >= 0.6 is 0 Å². The zero-order chi connectivity index (χ0) is 14.0. The second kappa shape index (κ2) is 5.22. The lowest BCUT2D eigenvalue weighted by Crippen LogP contribution is -2.04. The molecule has 0 bridgehead atoms. The largest absolute Gasteiger partial charge is 0.504 e. The van der Waals surface area contributed by atoms with Crippen LogP contribution < -0.4 is 9.47 Å².